The van der Waals surface area contributed by atoms with E-state index in [0.29, 0.717) is 25.0 Å². The Balaban J connectivity index is 1.82. The molecule has 0 aliphatic heterocycles. The van der Waals surface area contributed by atoms with Crippen molar-refractivity contribution in [3.05, 3.63) is 35.4 Å². The summed E-state index contributed by atoms with van der Waals surface area (Å²) >= 11 is 2.83. The van der Waals surface area contributed by atoms with Crippen molar-refractivity contribution in [2.45, 2.75) is 62.3 Å². The van der Waals surface area contributed by atoms with Gasteiger partial charge in [-0.1, -0.05) is 29.5 Å². The highest BCUT2D eigenvalue weighted by Crippen LogP contribution is 2.35. The van der Waals surface area contributed by atoms with Gasteiger partial charge < -0.3 is 10.2 Å². The van der Waals surface area contributed by atoms with Crippen LogP contribution in [0.1, 0.15) is 62.9 Å². The van der Waals surface area contributed by atoms with Gasteiger partial charge in [0.05, 0.1) is 5.60 Å². The van der Waals surface area contributed by atoms with Gasteiger partial charge in [-0.3, -0.25) is 4.79 Å². The van der Waals surface area contributed by atoms with Crippen molar-refractivity contribution in [1.82, 2.24) is 4.98 Å². The molecule has 0 radical (unpaired) electrons. The van der Waals surface area contributed by atoms with Crippen LogP contribution in [0.5, 0.6) is 0 Å². The number of rotatable bonds is 11. The average Bonchev–Trinajstić information content (AvgIpc) is 3.22. The number of aliphatic hydroxyl groups is 1. The number of carboxylic acid groups (broad SMARTS) is 1. The van der Waals surface area contributed by atoms with Crippen LogP contribution < -0.4 is 0 Å². The highest BCUT2D eigenvalue weighted by atomic mass is 32.2. The highest BCUT2D eigenvalue weighted by Gasteiger charge is 2.32. The minimum absolute atomic E-state index is 0.00280. The Morgan fingerprint density at radius 1 is 1.54 bits per heavy atom. The molecule has 5 nitrogen and oxygen atoms in total. The zero-order valence-electron chi connectivity index (χ0n) is 16.5. The van der Waals surface area contributed by atoms with Gasteiger partial charge >= 0.3 is 5.97 Å². The molecule has 1 aliphatic carbocycles. The summed E-state index contributed by atoms with van der Waals surface area (Å²) in [6.07, 6.45) is 8.40. The van der Waals surface area contributed by atoms with Crippen LogP contribution in [0.4, 0.5) is 0 Å². The molecule has 1 heterocycles. The normalized spacial score (nSPS) is 21.9. The number of carboxylic acids is 1. The van der Waals surface area contributed by atoms with E-state index in [-0.39, 0.29) is 17.5 Å². The van der Waals surface area contributed by atoms with E-state index in [1.165, 1.54) is 28.5 Å². The molecule has 0 amide bonds. The summed E-state index contributed by atoms with van der Waals surface area (Å²) in [5.74, 6) is 0.246. The molecular weight excluding hydrogens is 394 g/mol. The van der Waals surface area contributed by atoms with Gasteiger partial charge in [0.2, 0.25) is 0 Å². The van der Waals surface area contributed by atoms with Crippen molar-refractivity contribution >= 4 is 34.9 Å². The number of ketones is 1. The maximum Gasteiger partial charge on any atom is 0.355 e. The monoisotopic (exact) mass is 423 g/mol. The number of carbonyl (C=O) groups is 2. The molecule has 0 bridgehead atoms. The van der Waals surface area contributed by atoms with Gasteiger partial charge in [-0.15, -0.1) is 17.9 Å². The fourth-order valence-electron chi connectivity index (χ4n) is 3.32. The minimum atomic E-state index is -1.02. The van der Waals surface area contributed by atoms with Gasteiger partial charge in [0, 0.05) is 23.5 Å². The molecule has 3 atom stereocenters. The summed E-state index contributed by atoms with van der Waals surface area (Å²) in [5.41, 5.74) is 0.388. The topological polar surface area (TPSA) is 87.5 Å². The van der Waals surface area contributed by atoms with Crippen LogP contribution >= 0.6 is 23.1 Å². The smallest absolute Gasteiger partial charge is 0.355 e. The lowest BCUT2D eigenvalue weighted by atomic mass is 9.90. The molecular formula is C21H29NO4S2. The van der Waals surface area contributed by atoms with E-state index in [0.717, 1.165) is 34.9 Å². The highest BCUT2D eigenvalue weighted by molar-refractivity contribution is 8.01. The third-order valence-corrected chi connectivity index (χ3v) is 7.10. The minimum Gasteiger partial charge on any atom is -0.476 e. The van der Waals surface area contributed by atoms with Gasteiger partial charge in [-0.25, -0.2) is 9.78 Å². The second-order valence-electron chi connectivity index (χ2n) is 7.80. The number of Topliss-reactive ketones (excluding diaryl/α,β-unsaturated/α-hetero) is 1. The number of aromatic nitrogens is 1. The number of hydrogen-bond acceptors (Lipinski definition) is 6. The van der Waals surface area contributed by atoms with Crippen molar-refractivity contribution in [3.8, 4) is 0 Å². The van der Waals surface area contributed by atoms with E-state index < -0.39 is 11.6 Å². The molecule has 1 unspecified atom stereocenters. The second kappa shape index (κ2) is 10.4. The van der Waals surface area contributed by atoms with Crippen LogP contribution in [-0.4, -0.2) is 38.3 Å². The molecule has 154 valence electrons. The fraction of sp³-hybridized carbons (Fsp3) is 0.571. The van der Waals surface area contributed by atoms with Crippen LogP contribution in [-0.2, 0) is 4.79 Å². The first-order valence-corrected chi connectivity index (χ1v) is 11.4. The van der Waals surface area contributed by atoms with Crippen LogP contribution in [0.2, 0.25) is 0 Å². The maximum absolute atomic E-state index is 12.3. The summed E-state index contributed by atoms with van der Waals surface area (Å²) in [5, 5.41) is 20.9. The van der Waals surface area contributed by atoms with E-state index >= 15 is 0 Å². The Morgan fingerprint density at radius 3 is 2.93 bits per heavy atom. The third-order valence-electron chi connectivity index (χ3n) is 5.04. The zero-order chi connectivity index (χ0) is 20.7. The third kappa shape index (κ3) is 7.18. The average molecular weight is 424 g/mol. The SMILES string of the molecule is C=C(C)CCC(C)(O)C/C=C/[C@@H]1CCC(=O)[C@@H]1CCSc1nc(C(=O)O)cs1. The van der Waals surface area contributed by atoms with Crippen molar-refractivity contribution in [2.75, 3.05) is 5.75 Å². The number of nitrogens with zero attached hydrogens (tertiary/aromatic N) is 1. The molecule has 1 fully saturated rings. The first-order chi connectivity index (χ1) is 13.2. The van der Waals surface area contributed by atoms with E-state index in [1.54, 1.807) is 0 Å². The van der Waals surface area contributed by atoms with E-state index in [1.807, 2.05) is 19.9 Å². The molecule has 1 saturated carbocycles. The second-order valence-corrected chi connectivity index (χ2v) is 10.0. The quantitative estimate of drug-likeness (QED) is 0.386. The van der Waals surface area contributed by atoms with Crippen molar-refractivity contribution in [2.24, 2.45) is 11.8 Å². The predicted molar refractivity (Wildman–Crippen MR) is 114 cm³/mol. The first-order valence-electron chi connectivity index (χ1n) is 9.56. The zero-order valence-corrected chi connectivity index (χ0v) is 18.2. The summed E-state index contributed by atoms with van der Waals surface area (Å²) in [4.78, 5) is 27.2. The van der Waals surface area contributed by atoms with Gasteiger partial charge in [-0.05, 0) is 51.9 Å². The molecule has 28 heavy (non-hydrogen) atoms. The van der Waals surface area contributed by atoms with E-state index in [4.69, 9.17) is 5.11 Å². The molecule has 1 aromatic rings. The largest absolute Gasteiger partial charge is 0.476 e. The number of thioether (sulfide) groups is 1. The van der Waals surface area contributed by atoms with Gasteiger partial charge in [0.15, 0.2) is 10.0 Å². The number of allylic oxidation sites excluding steroid dienone is 2. The predicted octanol–water partition coefficient (Wildman–Crippen LogP) is 4.97. The van der Waals surface area contributed by atoms with Crippen molar-refractivity contribution < 1.29 is 19.8 Å². The molecule has 1 aromatic heterocycles. The molecule has 0 spiro atoms. The summed E-state index contributed by atoms with van der Waals surface area (Å²) in [7, 11) is 0. The Labute approximate surface area is 175 Å². The van der Waals surface area contributed by atoms with Crippen LogP contribution in [0, 0.1) is 11.8 Å². The van der Waals surface area contributed by atoms with Crippen LogP contribution in [0.25, 0.3) is 0 Å². The van der Waals surface area contributed by atoms with E-state index in [2.05, 4.69) is 17.6 Å². The summed E-state index contributed by atoms with van der Waals surface area (Å²) in [6.45, 7) is 7.68. The molecule has 7 heteroatoms. The van der Waals surface area contributed by atoms with Gasteiger partial charge in [0.1, 0.15) is 5.78 Å². The Morgan fingerprint density at radius 2 is 2.29 bits per heavy atom. The molecule has 2 rings (SSSR count). The Kier molecular flexibility index (Phi) is 8.46. The molecule has 0 aromatic carbocycles. The Bertz CT molecular complexity index is 739. The van der Waals surface area contributed by atoms with Crippen molar-refractivity contribution in [3.63, 3.8) is 0 Å². The number of aromatic carboxylic acids is 1. The summed E-state index contributed by atoms with van der Waals surface area (Å²) < 4.78 is 0.725. The van der Waals surface area contributed by atoms with Crippen LogP contribution in [0.15, 0.2) is 34.0 Å². The van der Waals surface area contributed by atoms with Crippen LogP contribution in [0.3, 0.4) is 0 Å². The summed E-state index contributed by atoms with van der Waals surface area (Å²) in [6, 6.07) is 0. The lowest BCUT2D eigenvalue weighted by Crippen LogP contribution is -2.23. The standard InChI is InChI=1S/C21H29NO4S2/c1-14(2)8-11-21(3,26)10-4-5-15-6-7-18(23)16(15)9-12-27-20-22-17(13-28-20)19(24)25/h4-5,13,15-16,26H,1,6-12H2,2-3H3,(H,24,25)/b5-4+/t15-,16-,21?/m1/s1. The van der Waals surface area contributed by atoms with E-state index in [9.17, 15) is 14.7 Å². The van der Waals surface area contributed by atoms with Crippen molar-refractivity contribution in [1.29, 1.82) is 0 Å². The number of hydrogen-bond donors (Lipinski definition) is 2. The molecule has 1 aliphatic rings. The molecule has 0 saturated heterocycles. The number of thiazole rings is 1. The lowest BCUT2D eigenvalue weighted by molar-refractivity contribution is -0.121. The lowest BCUT2D eigenvalue weighted by Gasteiger charge is -2.22. The Hall–Kier alpha value is -1.44. The first kappa shape index (κ1) is 22.8. The fourth-order valence-corrected chi connectivity index (χ4v) is 5.21. The van der Waals surface area contributed by atoms with Gasteiger partial charge in [0.25, 0.3) is 0 Å². The molecule has 2 N–H and O–H groups in total. The van der Waals surface area contributed by atoms with Gasteiger partial charge in [-0.2, -0.15) is 0 Å². The number of carbonyl (C=O) groups excluding carboxylic acids is 1. The maximum atomic E-state index is 12.3.